The molecule has 0 spiro atoms. The molecule has 2 N–H and O–H groups in total. The van der Waals surface area contributed by atoms with Crippen molar-refractivity contribution in [2.45, 2.75) is 33.7 Å². The Morgan fingerprint density at radius 2 is 1.95 bits per heavy atom. The Balaban J connectivity index is 2.07. The number of hydrogen-bond donors (Lipinski definition) is 1. The van der Waals surface area contributed by atoms with E-state index in [0.717, 1.165) is 43.3 Å². The van der Waals surface area contributed by atoms with E-state index in [4.69, 9.17) is 10.5 Å². The first-order valence-corrected chi connectivity index (χ1v) is 7.58. The van der Waals surface area contributed by atoms with Crippen molar-refractivity contribution < 1.29 is 9.53 Å². The van der Waals surface area contributed by atoms with Gasteiger partial charge in [0.05, 0.1) is 18.0 Å². The molecule has 0 bridgehead atoms. The molecule has 0 unspecified atom stereocenters. The molecule has 21 heavy (non-hydrogen) atoms. The zero-order valence-electron chi connectivity index (χ0n) is 13.1. The summed E-state index contributed by atoms with van der Waals surface area (Å²) in [6, 6.07) is 0. The van der Waals surface area contributed by atoms with Crippen molar-refractivity contribution in [1.29, 1.82) is 0 Å². The summed E-state index contributed by atoms with van der Waals surface area (Å²) in [6.45, 7) is 9.93. The second-order valence-corrected chi connectivity index (χ2v) is 5.22. The molecule has 0 radical (unpaired) electrons. The lowest BCUT2D eigenvalue weighted by Gasteiger charge is -2.35. The predicted molar refractivity (Wildman–Crippen MR) is 82.5 cm³/mol. The predicted octanol–water partition coefficient (Wildman–Crippen LogP) is 1.46. The van der Waals surface area contributed by atoms with Crippen LogP contribution in [0.5, 0.6) is 0 Å². The maximum atomic E-state index is 11.7. The normalized spacial score (nSPS) is 15.4. The fourth-order valence-electron chi connectivity index (χ4n) is 2.60. The quantitative estimate of drug-likeness (QED) is 0.910. The number of carbonyl (C=O) groups is 1. The summed E-state index contributed by atoms with van der Waals surface area (Å²) in [5.41, 5.74) is 7.79. The van der Waals surface area contributed by atoms with Crippen molar-refractivity contribution >= 4 is 17.6 Å². The molecule has 1 aromatic rings. The third-order valence-corrected chi connectivity index (χ3v) is 3.69. The van der Waals surface area contributed by atoms with Crippen LogP contribution >= 0.6 is 0 Å². The number of hydrogen-bond acceptors (Lipinski definition) is 5. The third-order valence-electron chi connectivity index (χ3n) is 3.69. The van der Waals surface area contributed by atoms with Crippen LogP contribution in [-0.2, 0) is 11.3 Å². The van der Waals surface area contributed by atoms with Gasteiger partial charge in [0, 0.05) is 32.7 Å². The van der Waals surface area contributed by atoms with E-state index in [9.17, 15) is 4.79 Å². The number of carbonyl (C=O) groups excluding carboxylic acids is 1. The van der Waals surface area contributed by atoms with E-state index in [1.165, 1.54) is 0 Å². The van der Waals surface area contributed by atoms with Crippen molar-refractivity contribution in [3.8, 4) is 0 Å². The zero-order chi connectivity index (χ0) is 15.4. The summed E-state index contributed by atoms with van der Waals surface area (Å²) < 4.78 is 7.02. The van der Waals surface area contributed by atoms with Crippen LogP contribution in [0.4, 0.5) is 16.3 Å². The average molecular weight is 295 g/mol. The number of anilines is 2. The van der Waals surface area contributed by atoms with Gasteiger partial charge in [0.1, 0.15) is 0 Å². The van der Waals surface area contributed by atoms with Gasteiger partial charge < -0.3 is 20.3 Å². The summed E-state index contributed by atoms with van der Waals surface area (Å²) >= 11 is 0. The minimum absolute atomic E-state index is 0.233. The van der Waals surface area contributed by atoms with Crippen molar-refractivity contribution in [3.05, 3.63) is 5.69 Å². The van der Waals surface area contributed by atoms with Gasteiger partial charge in [-0.2, -0.15) is 5.10 Å². The lowest BCUT2D eigenvalue weighted by molar-refractivity contribution is 0.105. The van der Waals surface area contributed by atoms with Crippen LogP contribution in [-0.4, -0.2) is 53.6 Å². The lowest BCUT2D eigenvalue weighted by Crippen LogP contribution is -2.49. The molecule has 2 rings (SSSR count). The smallest absolute Gasteiger partial charge is 0.409 e. The van der Waals surface area contributed by atoms with E-state index in [2.05, 4.69) is 16.9 Å². The molecule has 0 atom stereocenters. The average Bonchev–Trinajstić information content (AvgIpc) is 2.75. The molecular weight excluding hydrogens is 270 g/mol. The van der Waals surface area contributed by atoms with Gasteiger partial charge in [-0.1, -0.05) is 6.92 Å². The van der Waals surface area contributed by atoms with E-state index in [0.29, 0.717) is 19.7 Å². The van der Waals surface area contributed by atoms with Gasteiger partial charge in [0.15, 0.2) is 5.82 Å². The number of rotatable bonds is 4. The highest BCUT2D eigenvalue weighted by atomic mass is 16.6. The molecule has 0 saturated carbocycles. The fraction of sp³-hybridized carbons (Fsp3) is 0.714. The monoisotopic (exact) mass is 295 g/mol. The summed E-state index contributed by atoms with van der Waals surface area (Å²) in [7, 11) is 0. The van der Waals surface area contributed by atoms with Crippen LogP contribution in [0.25, 0.3) is 0 Å². The second kappa shape index (κ2) is 6.69. The van der Waals surface area contributed by atoms with Gasteiger partial charge in [-0.05, 0) is 20.3 Å². The van der Waals surface area contributed by atoms with Gasteiger partial charge in [-0.3, -0.25) is 0 Å². The van der Waals surface area contributed by atoms with Gasteiger partial charge in [-0.15, -0.1) is 0 Å². The van der Waals surface area contributed by atoms with E-state index >= 15 is 0 Å². The molecule has 1 saturated heterocycles. The number of nitrogens with zero attached hydrogens (tertiary/aromatic N) is 4. The van der Waals surface area contributed by atoms with Gasteiger partial charge in [0.2, 0.25) is 0 Å². The molecule has 2 heterocycles. The molecule has 0 aromatic carbocycles. The van der Waals surface area contributed by atoms with E-state index < -0.39 is 0 Å². The number of ether oxygens (including phenoxy) is 1. The Labute approximate surface area is 125 Å². The maximum Gasteiger partial charge on any atom is 0.409 e. The number of amides is 1. The fourth-order valence-corrected chi connectivity index (χ4v) is 2.60. The van der Waals surface area contributed by atoms with Crippen molar-refractivity contribution in [1.82, 2.24) is 14.7 Å². The topological polar surface area (TPSA) is 76.6 Å². The standard InChI is InChI=1S/C14H25N5O2/c1-4-6-19-13(12(15)11(3)16-19)17-7-9-18(10-8-17)14(20)21-5-2/h4-10,15H2,1-3H3. The van der Waals surface area contributed by atoms with Crippen molar-refractivity contribution in [2.24, 2.45) is 0 Å². The maximum absolute atomic E-state index is 11.7. The van der Waals surface area contributed by atoms with Crippen LogP contribution in [0.15, 0.2) is 0 Å². The zero-order valence-corrected chi connectivity index (χ0v) is 13.1. The van der Waals surface area contributed by atoms with Crippen LogP contribution in [0.2, 0.25) is 0 Å². The summed E-state index contributed by atoms with van der Waals surface area (Å²) in [5.74, 6) is 0.984. The molecule has 0 aliphatic carbocycles. The first-order valence-electron chi connectivity index (χ1n) is 7.58. The number of aromatic nitrogens is 2. The number of nitrogen functional groups attached to an aromatic ring is 1. The van der Waals surface area contributed by atoms with Gasteiger partial charge >= 0.3 is 6.09 Å². The summed E-state index contributed by atoms with van der Waals surface area (Å²) in [6.07, 6.45) is 0.777. The number of aryl methyl sites for hydroxylation is 2. The first kappa shape index (κ1) is 15.5. The van der Waals surface area contributed by atoms with E-state index in [1.807, 2.05) is 18.5 Å². The highest BCUT2D eigenvalue weighted by Gasteiger charge is 2.26. The van der Waals surface area contributed by atoms with Crippen LogP contribution in [0.1, 0.15) is 26.0 Å². The highest BCUT2D eigenvalue weighted by molar-refractivity contribution is 5.69. The minimum atomic E-state index is -0.233. The third kappa shape index (κ3) is 3.22. The molecule has 7 heteroatoms. The van der Waals surface area contributed by atoms with Crippen molar-refractivity contribution in [2.75, 3.05) is 43.4 Å². The summed E-state index contributed by atoms with van der Waals surface area (Å²) in [5, 5.41) is 4.50. The lowest BCUT2D eigenvalue weighted by atomic mass is 10.3. The molecule has 7 nitrogen and oxygen atoms in total. The van der Waals surface area contributed by atoms with Gasteiger partial charge in [-0.25, -0.2) is 9.48 Å². The Morgan fingerprint density at radius 3 is 2.52 bits per heavy atom. The molecule has 1 amide bonds. The Hall–Kier alpha value is -1.92. The van der Waals surface area contributed by atoms with Crippen LogP contribution < -0.4 is 10.6 Å². The minimum Gasteiger partial charge on any atom is -0.450 e. The largest absolute Gasteiger partial charge is 0.450 e. The Morgan fingerprint density at radius 1 is 1.29 bits per heavy atom. The van der Waals surface area contributed by atoms with E-state index in [-0.39, 0.29) is 6.09 Å². The van der Waals surface area contributed by atoms with Crippen LogP contribution in [0, 0.1) is 6.92 Å². The van der Waals surface area contributed by atoms with Gasteiger partial charge in [0.25, 0.3) is 0 Å². The summed E-state index contributed by atoms with van der Waals surface area (Å²) in [4.78, 5) is 15.7. The molecule has 1 aliphatic rings. The number of piperazine rings is 1. The highest BCUT2D eigenvalue weighted by Crippen LogP contribution is 2.27. The molecule has 118 valence electrons. The SMILES string of the molecule is CCCn1nc(C)c(N)c1N1CCN(C(=O)OCC)CC1. The second-order valence-electron chi connectivity index (χ2n) is 5.22. The Kier molecular flexibility index (Phi) is 4.93. The molecule has 1 aromatic heterocycles. The van der Waals surface area contributed by atoms with Crippen LogP contribution in [0.3, 0.4) is 0 Å². The van der Waals surface area contributed by atoms with Crippen molar-refractivity contribution in [3.63, 3.8) is 0 Å². The van der Waals surface area contributed by atoms with E-state index in [1.54, 1.807) is 4.90 Å². The molecular formula is C14H25N5O2. The Bertz CT molecular complexity index is 492. The molecule has 1 aliphatic heterocycles. The first-order chi connectivity index (χ1) is 10.1. The molecule has 1 fully saturated rings. The number of nitrogens with two attached hydrogens (primary N) is 1.